The van der Waals surface area contributed by atoms with Gasteiger partial charge in [0.25, 0.3) is 0 Å². The fourth-order valence-electron chi connectivity index (χ4n) is 8.26. The monoisotopic (exact) mass is 758 g/mol. The molecule has 6 heteroatoms. The van der Waals surface area contributed by atoms with Crippen LogP contribution >= 0.6 is 11.3 Å². The number of para-hydroxylation sites is 3. The Morgan fingerprint density at radius 2 is 1.00 bits per heavy atom. The van der Waals surface area contributed by atoms with Gasteiger partial charge in [0, 0.05) is 53.0 Å². The first-order valence-corrected chi connectivity index (χ1v) is 20.1. The quantitative estimate of drug-likeness (QED) is 0.175. The molecule has 0 saturated heterocycles. The normalized spacial score (nSPS) is 11.8. The molecule has 0 atom stereocenters. The molecule has 12 rings (SSSR count). The molecule has 0 fully saturated rings. The molecule has 0 amide bonds. The molecule has 0 aliphatic carbocycles. The molecule has 0 saturated carbocycles. The van der Waals surface area contributed by atoms with Crippen LogP contribution in [0, 0.1) is 0 Å². The van der Waals surface area contributed by atoms with E-state index in [-0.39, 0.29) is 0 Å². The second-order valence-corrected chi connectivity index (χ2v) is 15.6. The summed E-state index contributed by atoms with van der Waals surface area (Å²) in [4.78, 5) is 20.5. The van der Waals surface area contributed by atoms with Crippen LogP contribution in [0.15, 0.2) is 186 Å². The number of furan rings is 1. The van der Waals surface area contributed by atoms with Gasteiger partial charge in [-0.2, -0.15) is 0 Å². The third kappa shape index (κ3) is 5.30. The number of benzene rings is 8. The number of nitrogens with zero attached hydrogens (tertiary/aromatic N) is 4. The molecule has 5 nitrogen and oxygen atoms in total. The Hall–Kier alpha value is -7.54. The van der Waals surface area contributed by atoms with Crippen LogP contribution in [0.2, 0.25) is 0 Å². The first-order valence-electron chi connectivity index (χ1n) is 19.3. The summed E-state index contributed by atoms with van der Waals surface area (Å²) in [5, 5.41) is 8.04. The number of rotatable bonds is 5. The van der Waals surface area contributed by atoms with Crippen molar-refractivity contribution < 1.29 is 4.42 Å². The van der Waals surface area contributed by atoms with E-state index in [0.29, 0.717) is 17.5 Å². The smallest absolute Gasteiger partial charge is 0.167 e. The third-order valence-electron chi connectivity index (χ3n) is 11.1. The Morgan fingerprint density at radius 1 is 0.397 bits per heavy atom. The van der Waals surface area contributed by atoms with Gasteiger partial charge in [-0.25, -0.2) is 19.9 Å². The van der Waals surface area contributed by atoms with E-state index in [1.165, 1.54) is 25.6 Å². The maximum Gasteiger partial charge on any atom is 0.167 e. The largest absolute Gasteiger partial charge is 0.455 e. The van der Waals surface area contributed by atoms with Crippen molar-refractivity contribution in [1.82, 2.24) is 19.9 Å². The maximum atomic E-state index is 6.44. The molecule has 4 heterocycles. The lowest BCUT2D eigenvalue weighted by atomic mass is 9.99. The number of hydrogen-bond acceptors (Lipinski definition) is 6. The van der Waals surface area contributed by atoms with E-state index < -0.39 is 0 Å². The molecule has 0 unspecified atom stereocenters. The highest BCUT2D eigenvalue weighted by atomic mass is 32.1. The van der Waals surface area contributed by atoms with Crippen LogP contribution in [0.3, 0.4) is 0 Å². The van der Waals surface area contributed by atoms with Gasteiger partial charge >= 0.3 is 0 Å². The molecule has 0 N–H and O–H groups in total. The number of hydrogen-bond donors (Lipinski definition) is 0. The van der Waals surface area contributed by atoms with Crippen LogP contribution in [0.25, 0.3) is 120 Å². The van der Waals surface area contributed by atoms with Crippen LogP contribution in [0.1, 0.15) is 0 Å². The SMILES string of the molecule is c1ccc2cc(-c3nc(-c4ccc(-c5ccc(-c6nc7ccccc7c7sc8ccccc8c67)cc5)cc4)nc(-c4cccc5c4oc4ccccc45)n3)ccc2c1. The molecule has 58 heavy (non-hydrogen) atoms. The highest BCUT2D eigenvalue weighted by Crippen LogP contribution is 2.43. The lowest BCUT2D eigenvalue weighted by Gasteiger charge is -2.11. The molecule has 0 bridgehead atoms. The van der Waals surface area contributed by atoms with Crippen LogP contribution in [0.4, 0.5) is 0 Å². The maximum absolute atomic E-state index is 6.44. The summed E-state index contributed by atoms with van der Waals surface area (Å²) in [6, 6.07) is 63.3. The van der Waals surface area contributed by atoms with E-state index in [1.54, 1.807) is 0 Å². The second-order valence-electron chi connectivity index (χ2n) is 14.6. The van der Waals surface area contributed by atoms with Crippen molar-refractivity contribution in [3.8, 4) is 56.5 Å². The van der Waals surface area contributed by atoms with Gasteiger partial charge in [0.15, 0.2) is 17.5 Å². The minimum atomic E-state index is 0.562. The summed E-state index contributed by atoms with van der Waals surface area (Å²) in [7, 11) is 0. The van der Waals surface area contributed by atoms with Crippen LogP contribution in [-0.4, -0.2) is 19.9 Å². The van der Waals surface area contributed by atoms with Crippen molar-refractivity contribution in [2.75, 3.05) is 0 Å². The van der Waals surface area contributed by atoms with E-state index >= 15 is 0 Å². The molecule has 0 aliphatic heterocycles. The Morgan fingerprint density at radius 3 is 1.83 bits per heavy atom. The highest BCUT2D eigenvalue weighted by Gasteiger charge is 2.19. The zero-order chi connectivity index (χ0) is 38.2. The summed E-state index contributed by atoms with van der Waals surface area (Å²) in [5.41, 5.74) is 9.57. The van der Waals surface area contributed by atoms with Crippen LogP contribution in [0.5, 0.6) is 0 Å². The first-order chi connectivity index (χ1) is 28.7. The van der Waals surface area contributed by atoms with Gasteiger partial charge in [0.2, 0.25) is 0 Å². The van der Waals surface area contributed by atoms with Gasteiger partial charge in [-0.15, -0.1) is 11.3 Å². The molecular formula is C52H30N4OS. The number of fused-ring (bicyclic) bond motifs is 9. The van der Waals surface area contributed by atoms with Crippen molar-refractivity contribution in [2.24, 2.45) is 0 Å². The Labute approximate surface area is 336 Å². The molecule has 8 aromatic carbocycles. The zero-order valence-electron chi connectivity index (χ0n) is 30.9. The summed E-state index contributed by atoms with van der Waals surface area (Å²) in [6.45, 7) is 0. The summed E-state index contributed by atoms with van der Waals surface area (Å²) < 4.78 is 8.99. The van der Waals surface area contributed by atoms with Crippen molar-refractivity contribution in [1.29, 1.82) is 0 Å². The van der Waals surface area contributed by atoms with Crippen LogP contribution < -0.4 is 0 Å². The fraction of sp³-hybridized carbons (Fsp3) is 0. The average molecular weight is 759 g/mol. The number of aromatic nitrogens is 4. The summed E-state index contributed by atoms with van der Waals surface area (Å²) in [6.07, 6.45) is 0. The standard InChI is InChI=1S/C52H30N4OS/c1-2-11-36-30-37(29-24-31(36)10-1)51-54-50(55-52(56-51)42-16-9-15-39-38-12-4-7-18-44(38)57-48(39)42)35-27-22-33(23-28-35)32-20-25-34(26-21-32)47-46-41-14-5-8-19-45(41)58-49(46)40-13-3-6-17-43(40)53-47/h1-30H. The Bertz CT molecular complexity index is 3570. The van der Waals surface area contributed by atoms with Gasteiger partial charge in [-0.05, 0) is 52.2 Å². The van der Waals surface area contributed by atoms with Crippen molar-refractivity contribution in [3.05, 3.63) is 182 Å². The average Bonchev–Trinajstić information content (AvgIpc) is 3.88. The van der Waals surface area contributed by atoms with Crippen molar-refractivity contribution >= 4 is 75.1 Å². The van der Waals surface area contributed by atoms with Gasteiger partial charge in [-0.1, -0.05) is 152 Å². The molecule has 4 aromatic heterocycles. The molecule has 270 valence electrons. The van der Waals surface area contributed by atoms with E-state index in [9.17, 15) is 0 Å². The highest BCUT2D eigenvalue weighted by molar-refractivity contribution is 7.26. The Kier molecular flexibility index (Phi) is 7.33. The van der Waals surface area contributed by atoms with E-state index in [2.05, 4.69) is 152 Å². The minimum absolute atomic E-state index is 0.562. The summed E-state index contributed by atoms with van der Waals surface area (Å²) >= 11 is 1.84. The number of thiophene rings is 1. The summed E-state index contributed by atoms with van der Waals surface area (Å²) in [5.74, 6) is 1.76. The zero-order valence-corrected chi connectivity index (χ0v) is 31.7. The van der Waals surface area contributed by atoms with Crippen molar-refractivity contribution in [3.63, 3.8) is 0 Å². The third-order valence-corrected chi connectivity index (χ3v) is 12.3. The lowest BCUT2D eigenvalue weighted by Crippen LogP contribution is -2.00. The molecular weight excluding hydrogens is 729 g/mol. The first kappa shape index (κ1) is 32.7. The van der Waals surface area contributed by atoms with E-state index in [0.717, 1.165) is 77.3 Å². The predicted molar refractivity (Wildman–Crippen MR) is 240 cm³/mol. The van der Waals surface area contributed by atoms with Gasteiger partial charge < -0.3 is 4.42 Å². The topological polar surface area (TPSA) is 64.7 Å². The van der Waals surface area contributed by atoms with E-state index in [1.807, 2.05) is 41.7 Å². The molecule has 0 radical (unpaired) electrons. The van der Waals surface area contributed by atoms with Gasteiger partial charge in [0.1, 0.15) is 11.2 Å². The van der Waals surface area contributed by atoms with Crippen molar-refractivity contribution in [2.45, 2.75) is 0 Å². The van der Waals surface area contributed by atoms with Gasteiger partial charge in [0.05, 0.1) is 16.8 Å². The van der Waals surface area contributed by atoms with Gasteiger partial charge in [-0.3, -0.25) is 0 Å². The fourth-order valence-corrected chi connectivity index (χ4v) is 9.49. The molecule has 0 spiro atoms. The Balaban J connectivity index is 0.944. The van der Waals surface area contributed by atoms with E-state index in [4.69, 9.17) is 24.4 Å². The lowest BCUT2D eigenvalue weighted by molar-refractivity contribution is 0.669. The minimum Gasteiger partial charge on any atom is -0.455 e. The number of pyridine rings is 1. The second kappa shape index (κ2) is 13.0. The molecule has 12 aromatic rings. The molecule has 0 aliphatic rings. The van der Waals surface area contributed by atoms with Crippen LogP contribution in [-0.2, 0) is 0 Å². The predicted octanol–water partition coefficient (Wildman–Crippen LogP) is 14.2.